The van der Waals surface area contributed by atoms with Gasteiger partial charge in [0.05, 0.1) is 24.3 Å². The molecule has 0 radical (unpaired) electrons. The van der Waals surface area contributed by atoms with E-state index in [0.717, 1.165) is 28.1 Å². The molecule has 0 aliphatic carbocycles. The molecule has 128 valence electrons. The Balaban J connectivity index is 1.90. The molecule has 1 aliphatic heterocycles. The summed E-state index contributed by atoms with van der Waals surface area (Å²) < 4.78 is 10.8. The molecule has 0 amide bonds. The first-order chi connectivity index (χ1) is 12.7. The zero-order valence-corrected chi connectivity index (χ0v) is 14.0. The number of H-pyrrole nitrogens is 2. The van der Waals surface area contributed by atoms with Gasteiger partial charge >= 0.3 is 0 Å². The number of aromatic amines is 2. The number of benzene rings is 1. The highest BCUT2D eigenvalue weighted by molar-refractivity contribution is 5.71. The number of rotatable bonds is 3. The number of fused-ring (bicyclic) bond motifs is 1. The molecule has 1 unspecified atom stereocenters. The molecule has 1 atom stereocenters. The lowest BCUT2D eigenvalue weighted by molar-refractivity contribution is -0.378. The van der Waals surface area contributed by atoms with Crippen LogP contribution in [0.15, 0.2) is 60.2 Å². The van der Waals surface area contributed by atoms with E-state index in [9.17, 15) is 5.26 Å². The molecule has 26 heavy (non-hydrogen) atoms. The monoisotopic (exact) mass is 346 g/mol. The van der Waals surface area contributed by atoms with Crippen LogP contribution >= 0.6 is 0 Å². The van der Waals surface area contributed by atoms with Crippen molar-refractivity contribution in [1.82, 2.24) is 10.2 Å². The molecular formula is C19H16N5O2+. The quantitative estimate of drug-likeness (QED) is 0.754. The summed E-state index contributed by atoms with van der Waals surface area (Å²) in [5, 5.41) is 16.9. The lowest BCUT2D eigenvalue weighted by Gasteiger charge is -2.23. The van der Waals surface area contributed by atoms with Crippen LogP contribution in [0.4, 0.5) is 0 Å². The molecule has 1 aliphatic rings. The molecule has 0 saturated carbocycles. The molecule has 3 aromatic rings. The van der Waals surface area contributed by atoms with Crippen LogP contribution in [0.25, 0.3) is 11.3 Å². The lowest BCUT2D eigenvalue weighted by Crippen LogP contribution is -2.21. The van der Waals surface area contributed by atoms with Gasteiger partial charge in [-0.25, -0.2) is 4.98 Å². The predicted molar refractivity (Wildman–Crippen MR) is 92.9 cm³/mol. The SMILES string of the molecule is COc1ccc(-c2[nH]nc3c2C(c2ccc[nH+]c2)C(C#N)=C(N)O3)cc1. The fraction of sp³-hybridized carbons (Fsp3) is 0.105. The van der Waals surface area contributed by atoms with Gasteiger partial charge in [0.2, 0.25) is 11.8 Å². The zero-order chi connectivity index (χ0) is 18.1. The van der Waals surface area contributed by atoms with Crippen LogP contribution in [-0.2, 0) is 0 Å². The Morgan fingerprint density at radius 2 is 2.12 bits per heavy atom. The topological polar surface area (TPSA) is 111 Å². The molecule has 0 bridgehead atoms. The number of nitrogens with two attached hydrogens (primary N) is 1. The predicted octanol–water partition coefficient (Wildman–Crippen LogP) is 2.12. The minimum atomic E-state index is -0.378. The summed E-state index contributed by atoms with van der Waals surface area (Å²) in [4.78, 5) is 3.05. The van der Waals surface area contributed by atoms with Crippen molar-refractivity contribution in [1.29, 1.82) is 5.26 Å². The molecule has 7 nitrogen and oxygen atoms in total. The largest absolute Gasteiger partial charge is 0.497 e. The summed E-state index contributed by atoms with van der Waals surface area (Å²) in [7, 11) is 1.62. The molecule has 7 heteroatoms. The summed E-state index contributed by atoms with van der Waals surface area (Å²) in [5.41, 5.74) is 9.68. The van der Waals surface area contributed by atoms with Gasteiger partial charge in [0.1, 0.15) is 17.4 Å². The highest BCUT2D eigenvalue weighted by Crippen LogP contribution is 2.45. The van der Waals surface area contributed by atoms with Crippen LogP contribution in [0, 0.1) is 11.3 Å². The molecule has 0 spiro atoms. The first-order valence-corrected chi connectivity index (χ1v) is 7.99. The minimum absolute atomic E-state index is 0.0710. The number of nitrogens with one attached hydrogen (secondary N) is 2. The normalized spacial score (nSPS) is 15.8. The van der Waals surface area contributed by atoms with E-state index in [0.29, 0.717) is 11.5 Å². The number of hydrogen-bond acceptors (Lipinski definition) is 5. The van der Waals surface area contributed by atoms with Gasteiger partial charge in [0, 0.05) is 17.2 Å². The van der Waals surface area contributed by atoms with Gasteiger partial charge in [0.15, 0.2) is 12.4 Å². The van der Waals surface area contributed by atoms with E-state index in [-0.39, 0.29) is 11.8 Å². The van der Waals surface area contributed by atoms with Crippen LogP contribution in [0.2, 0.25) is 0 Å². The second kappa shape index (κ2) is 6.26. The van der Waals surface area contributed by atoms with Gasteiger partial charge in [0.25, 0.3) is 0 Å². The van der Waals surface area contributed by atoms with Crippen molar-refractivity contribution in [2.75, 3.05) is 7.11 Å². The van der Waals surface area contributed by atoms with E-state index >= 15 is 0 Å². The summed E-state index contributed by atoms with van der Waals surface area (Å²) in [6.07, 6.45) is 3.65. The van der Waals surface area contributed by atoms with Gasteiger partial charge in [-0.05, 0) is 30.3 Å². The summed E-state index contributed by atoms with van der Waals surface area (Å²) in [6.45, 7) is 0. The molecule has 0 fully saturated rings. The number of ether oxygens (including phenoxy) is 2. The first kappa shape index (κ1) is 15.7. The Bertz CT molecular complexity index is 1020. The molecular weight excluding hydrogens is 330 g/mol. The summed E-state index contributed by atoms with van der Waals surface area (Å²) >= 11 is 0. The number of methoxy groups -OCH3 is 1. The van der Waals surface area contributed by atoms with Crippen molar-refractivity contribution in [2.24, 2.45) is 5.73 Å². The molecule has 3 heterocycles. The third kappa shape index (κ3) is 2.45. The first-order valence-electron chi connectivity index (χ1n) is 7.99. The fourth-order valence-corrected chi connectivity index (χ4v) is 3.14. The number of hydrogen-bond donors (Lipinski definition) is 2. The van der Waals surface area contributed by atoms with E-state index in [1.807, 2.05) is 48.8 Å². The second-order valence-corrected chi connectivity index (χ2v) is 5.81. The molecule has 4 N–H and O–H groups in total. The average Bonchev–Trinajstić information content (AvgIpc) is 3.11. The maximum Gasteiger partial charge on any atom is 0.244 e. The van der Waals surface area contributed by atoms with E-state index < -0.39 is 0 Å². The Labute approximate surface area is 149 Å². The van der Waals surface area contributed by atoms with Crippen LogP contribution in [0.5, 0.6) is 11.6 Å². The molecule has 0 saturated heterocycles. The maximum atomic E-state index is 9.66. The lowest BCUT2D eigenvalue weighted by atomic mass is 9.84. The minimum Gasteiger partial charge on any atom is -0.497 e. The highest BCUT2D eigenvalue weighted by Gasteiger charge is 2.36. The van der Waals surface area contributed by atoms with Crippen LogP contribution in [0.1, 0.15) is 17.0 Å². The van der Waals surface area contributed by atoms with Crippen molar-refractivity contribution in [2.45, 2.75) is 5.92 Å². The standard InChI is InChI=1S/C19H15N5O2/c1-25-13-6-4-11(5-7-13)17-16-15(12-3-2-8-22-10-12)14(9-20)18(21)26-19(16)24-23-17/h2-8,10,15H,21H2,1H3,(H,23,24)/p+1. The van der Waals surface area contributed by atoms with Gasteiger partial charge < -0.3 is 15.2 Å². The van der Waals surface area contributed by atoms with Crippen molar-refractivity contribution in [3.63, 3.8) is 0 Å². The van der Waals surface area contributed by atoms with Crippen molar-refractivity contribution in [3.05, 3.63) is 71.4 Å². The number of nitriles is 1. The Morgan fingerprint density at radius 3 is 2.77 bits per heavy atom. The van der Waals surface area contributed by atoms with E-state index in [1.54, 1.807) is 7.11 Å². The maximum absolute atomic E-state index is 9.66. The third-order valence-electron chi connectivity index (χ3n) is 4.38. The third-order valence-corrected chi connectivity index (χ3v) is 4.38. The van der Waals surface area contributed by atoms with E-state index in [2.05, 4.69) is 21.3 Å². The van der Waals surface area contributed by atoms with Gasteiger partial charge in [-0.2, -0.15) is 5.26 Å². The number of aromatic nitrogens is 3. The van der Waals surface area contributed by atoms with Gasteiger partial charge in [-0.15, -0.1) is 5.10 Å². The van der Waals surface area contributed by atoms with Crippen molar-refractivity contribution in [3.8, 4) is 29.0 Å². The number of pyridine rings is 1. The van der Waals surface area contributed by atoms with E-state index in [1.165, 1.54) is 0 Å². The zero-order valence-electron chi connectivity index (χ0n) is 14.0. The van der Waals surface area contributed by atoms with Crippen LogP contribution in [0.3, 0.4) is 0 Å². The van der Waals surface area contributed by atoms with Crippen LogP contribution in [-0.4, -0.2) is 17.3 Å². The van der Waals surface area contributed by atoms with Crippen molar-refractivity contribution < 1.29 is 14.5 Å². The van der Waals surface area contributed by atoms with Crippen molar-refractivity contribution >= 4 is 0 Å². The summed E-state index contributed by atoms with van der Waals surface area (Å²) in [5.74, 6) is 0.828. The highest BCUT2D eigenvalue weighted by atomic mass is 16.5. The molecule has 2 aromatic heterocycles. The second-order valence-electron chi connectivity index (χ2n) is 5.81. The molecule has 4 rings (SSSR count). The Hall–Kier alpha value is -3.79. The van der Waals surface area contributed by atoms with Crippen LogP contribution < -0.4 is 20.2 Å². The number of nitrogens with zero attached hydrogens (tertiary/aromatic N) is 2. The average molecular weight is 346 g/mol. The Kier molecular flexibility index (Phi) is 3.78. The van der Waals surface area contributed by atoms with Gasteiger partial charge in [-0.3, -0.25) is 5.10 Å². The Morgan fingerprint density at radius 1 is 1.31 bits per heavy atom. The summed E-state index contributed by atoms with van der Waals surface area (Å²) in [6, 6.07) is 13.6. The molecule has 1 aromatic carbocycles. The number of allylic oxidation sites excluding steroid dienone is 1. The smallest absolute Gasteiger partial charge is 0.244 e. The fourth-order valence-electron chi connectivity index (χ4n) is 3.14. The van der Waals surface area contributed by atoms with Gasteiger partial charge in [-0.1, -0.05) is 0 Å². The van der Waals surface area contributed by atoms with E-state index in [4.69, 9.17) is 15.2 Å².